The van der Waals surface area contributed by atoms with E-state index in [2.05, 4.69) is 21.3 Å². The van der Waals surface area contributed by atoms with Crippen molar-refractivity contribution < 1.29 is 67.5 Å². The summed E-state index contributed by atoms with van der Waals surface area (Å²) in [6, 6.07) is -1.32. The van der Waals surface area contributed by atoms with E-state index in [4.69, 9.17) is 33.9 Å². The van der Waals surface area contributed by atoms with Gasteiger partial charge in [-0.1, -0.05) is 13.3 Å². The zero-order chi connectivity index (χ0) is 33.7. The van der Waals surface area contributed by atoms with Gasteiger partial charge in [-0.25, -0.2) is 4.79 Å². The molecule has 0 radical (unpaired) electrons. The summed E-state index contributed by atoms with van der Waals surface area (Å²) in [5.74, 6) is -5.01. The first-order valence-corrected chi connectivity index (χ1v) is 14.6. The van der Waals surface area contributed by atoms with Crippen molar-refractivity contribution in [2.75, 3.05) is 79.1 Å². The summed E-state index contributed by atoms with van der Waals surface area (Å²) >= 11 is 0. The molecule has 6 N–H and O–H groups in total. The van der Waals surface area contributed by atoms with E-state index in [1.54, 1.807) is 0 Å². The van der Waals surface area contributed by atoms with Crippen LogP contribution < -0.4 is 21.3 Å². The van der Waals surface area contributed by atoms with Crippen LogP contribution in [-0.4, -0.2) is 137 Å². The normalized spacial score (nSPS) is 11.2. The van der Waals surface area contributed by atoms with Gasteiger partial charge in [-0.3, -0.25) is 28.8 Å². The fourth-order valence-corrected chi connectivity index (χ4v) is 3.06. The summed E-state index contributed by atoms with van der Waals surface area (Å²) < 4.78 is 25.8. The molecular weight excluding hydrogens is 604 g/mol. The molecule has 45 heavy (non-hydrogen) atoms. The smallest absolute Gasteiger partial charge is 0.326 e. The highest BCUT2D eigenvalue weighted by Crippen LogP contribution is 2.00. The van der Waals surface area contributed by atoms with Crippen LogP contribution in [0.3, 0.4) is 0 Å². The highest BCUT2D eigenvalue weighted by molar-refractivity contribution is 5.86. The zero-order valence-corrected chi connectivity index (χ0v) is 25.6. The van der Waals surface area contributed by atoms with Gasteiger partial charge in [0.25, 0.3) is 0 Å². The number of hydrogen-bond acceptors (Lipinski definition) is 12. The van der Waals surface area contributed by atoms with Gasteiger partial charge < -0.3 is 55.2 Å². The molecule has 258 valence electrons. The van der Waals surface area contributed by atoms with Gasteiger partial charge in [0.2, 0.25) is 23.6 Å². The average molecular weight is 651 g/mol. The minimum atomic E-state index is -1.33. The Bertz CT molecular complexity index is 918. The van der Waals surface area contributed by atoms with Crippen LogP contribution in [0.4, 0.5) is 0 Å². The third kappa shape index (κ3) is 27.4. The van der Waals surface area contributed by atoms with Crippen LogP contribution in [0.1, 0.15) is 45.4 Å². The number of carbonyl (C=O) groups excluding carboxylic acids is 5. The molecule has 4 amide bonds. The summed E-state index contributed by atoms with van der Waals surface area (Å²) in [5.41, 5.74) is 0. The van der Waals surface area contributed by atoms with E-state index in [9.17, 15) is 33.6 Å². The number of hydrogen-bond donors (Lipinski definition) is 6. The van der Waals surface area contributed by atoms with Crippen LogP contribution in [0, 0.1) is 0 Å². The first kappa shape index (κ1) is 41.1. The van der Waals surface area contributed by atoms with E-state index in [1.807, 2.05) is 6.92 Å². The van der Waals surface area contributed by atoms with Crippen LogP contribution in [0.2, 0.25) is 0 Å². The van der Waals surface area contributed by atoms with Crippen LogP contribution in [0.5, 0.6) is 0 Å². The van der Waals surface area contributed by atoms with E-state index in [0.29, 0.717) is 6.61 Å². The molecule has 0 aromatic carbocycles. The largest absolute Gasteiger partial charge is 0.481 e. The predicted molar refractivity (Wildman–Crippen MR) is 154 cm³/mol. The Morgan fingerprint density at radius 3 is 1.73 bits per heavy atom. The molecule has 0 aliphatic heterocycles. The van der Waals surface area contributed by atoms with Gasteiger partial charge in [0.15, 0.2) is 0 Å². The summed E-state index contributed by atoms with van der Waals surface area (Å²) in [5, 5.41) is 27.4. The van der Waals surface area contributed by atoms with Gasteiger partial charge >= 0.3 is 17.9 Å². The third-order valence-electron chi connectivity index (χ3n) is 5.40. The molecular formula is C27H46N4O14. The summed E-state index contributed by atoms with van der Waals surface area (Å²) in [7, 11) is 0. The maximum absolute atomic E-state index is 11.9. The fourth-order valence-electron chi connectivity index (χ4n) is 3.06. The van der Waals surface area contributed by atoms with Gasteiger partial charge in [-0.2, -0.15) is 0 Å². The highest BCUT2D eigenvalue weighted by Gasteiger charge is 2.21. The number of esters is 1. The molecule has 0 aromatic heterocycles. The molecule has 0 spiro atoms. The van der Waals surface area contributed by atoms with Gasteiger partial charge in [-0.05, 0) is 12.8 Å². The van der Waals surface area contributed by atoms with E-state index in [0.717, 1.165) is 12.8 Å². The second-order valence-corrected chi connectivity index (χ2v) is 9.27. The molecule has 0 aliphatic rings. The Morgan fingerprint density at radius 1 is 0.622 bits per heavy atom. The average Bonchev–Trinajstić information content (AvgIpc) is 2.99. The molecule has 0 bridgehead atoms. The molecule has 0 saturated carbocycles. The molecule has 1 unspecified atom stereocenters. The molecule has 1 atom stereocenters. The number of ether oxygens (including phenoxy) is 5. The van der Waals surface area contributed by atoms with Crippen molar-refractivity contribution in [1.82, 2.24) is 21.3 Å². The van der Waals surface area contributed by atoms with Crippen molar-refractivity contribution in [3.05, 3.63) is 0 Å². The van der Waals surface area contributed by atoms with E-state index in [1.165, 1.54) is 0 Å². The minimum absolute atomic E-state index is 0.130. The minimum Gasteiger partial charge on any atom is -0.481 e. The second-order valence-electron chi connectivity index (χ2n) is 9.27. The number of aliphatic carboxylic acids is 2. The fraction of sp³-hybridized carbons (Fsp3) is 0.741. The van der Waals surface area contributed by atoms with Crippen LogP contribution >= 0.6 is 0 Å². The Kier molecular flexibility index (Phi) is 25.3. The number of unbranched alkanes of at least 4 members (excludes halogenated alkanes) is 1. The highest BCUT2D eigenvalue weighted by atomic mass is 16.5. The van der Waals surface area contributed by atoms with Crippen LogP contribution in [0.25, 0.3) is 0 Å². The van der Waals surface area contributed by atoms with Gasteiger partial charge in [0, 0.05) is 25.9 Å². The lowest BCUT2D eigenvalue weighted by molar-refractivity contribution is -0.144. The van der Waals surface area contributed by atoms with Crippen molar-refractivity contribution in [3.63, 3.8) is 0 Å². The number of rotatable bonds is 29. The van der Waals surface area contributed by atoms with E-state index < -0.39 is 48.1 Å². The molecule has 0 aliphatic carbocycles. The van der Waals surface area contributed by atoms with Gasteiger partial charge in [0.1, 0.15) is 25.8 Å². The molecule has 0 aromatic rings. The number of carbonyl (C=O) groups is 7. The summed E-state index contributed by atoms with van der Waals surface area (Å²) in [4.78, 5) is 80.0. The first-order chi connectivity index (χ1) is 21.5. The van der Waals surface area contributed by atoms with E-state index >= 15 is 0 Å². The van der Waals surface area contributed by atoms with Crippen molar-refractivity contribution >= 4 is 41.5 Å². The molecule has 0 fully saturated rings. The molecule has 0 saturated heterocycles. The van der Waals surface area contributed by atoms with Crippen LogP contribution in [0.15, 0.2) is 0 Å². The van der Waals surface area contributed by atoms with Crippen LogP contribution in [-0.2, 0) is 57.2 Å². The summed E-state index contributed by atoms with van der Waals surface area (Å²) in [6.45, 7) is 3.06. The van der Waals surface area contributed by atoms with Crippen molar-refractivity contribution in [3.8, 4) is 0 Å². The number of nitrogens with one attached hydrogen (secondary N) is 4. The Morgan fingerprint density at radius 2 is 1.18 bits per heavy atom. The Labute approximate surface area is 261 Å². The Balaban J connectivity index is 3.63. The van der Waals surface area contributed by atoms with Gasteiger partial charge in [0.05, 0.1) is 52.7 Å². The molecule has 0 rings (SSSR count). The lowest BCUT2D eigenvalue weighted by Gasteiger charge is -2.14. The topological polar surface area (TPSA) is 254 Å². The summed E-state index contributed by atoms with van der Waals surface area (Å²) in [6.07, 6.45) is 0.527. The number of carboxylic acid groups (broad SMARTS) is 2. The standard InChI is InChI=1S/C27H46N4O14/c1-2-3-10-45-26(38)17-30-24(35)19-44-16-14-42-12-9-29-23(34)18-43-15-13-41-11-8-28-21(32)5-4-20(27(39)40)31-22(33)6-7-25(36)37/h20H,2-19H2,1H3,(H,28,32)(H,29,34)(H,30,35)(H,31,33)(H,36,37)(H,39,40). The zero-order valence-electron chi connectivity index (χ0n) is 25.6. The van der Waals surface area contributed by atoms with E-state index in [-0.39, 0.29) is 97.7 Å². The maximum atomic E-state index is 11.9. The van der Waals surface area contributed by atoms with Gasteiger partial charge in [-0.15, -0.1) is 0 Å². The predicted octanol–water partition coefficient (Wildman–Crippen LogP) is -2.04. The SMILES string of the molecule is CCCCOC(=O)CNC(=O)COCCOCCNC(=O)COCCOCCNC(=O)CCC(NC(=O)CCC(=O)O)C(=O)O. The monoisotopic (exact) mass is 650 g/mol. The maximum Gasteiger partial charge on any atom is 0.326 e. The van der Waals surface area contributed by atoms with Crippen molar-refractivity contribution in [2.45, 2.75) is 51.5 Å². The third-order valence-corrected chi connectivity index (χ3v) is 5.40. The Hall–Kier alpha value is -3.87. The first-order valence-electron chi connectivity index (χ1n) is 14.6. The second kappa shape index (κ2) is 27.7. The lowest BCUT2D eigenvalue weighted by Crippen LogP contribution is -2.41. The number of carboxylic acids is 2. The lowest BCUT2D eigenvalue weighted by atomic mass is 10.1. The van der Waals surface area contributed by atoms with Crippen molar-refractivity contribution in [1.29, 1.82) is 0 Å². The quantitative estimate of drug-likeness (QED) is 0.0377. The number of amides is 4. The molecule has 18 nitrogen and oxygen atoms in total. The molecule has 0 heterocycles. The van der Waals surface area contributed by atoms with Crippen molar-refractivity contribution in [2.24, 2.45) is 0 Å². The molecule has 18 heteroatoms.